The van der Waals surface area contributed by atoms with Gasteiger partial charge in [0, 0.05) is 17.1 Å². The van der Waals surface area contributed by atoms with Crippen LogP contribution >= 0.6 is 11.3 Å². The van der Waals surface area contributed by atoms with Gasteiger partial charge in [0.05, 0.1) is 20.0 Å². The Kier molecular flexibility index (Phi) is 4.80. The van der Waals surface area contributed by atoms with Gasteiger partial charge >= 0.3 is 0 Å². The SMILES string of the molecule is O=C(Cn1cc(S(=O)(=O)c2ccccc2)c2ccccc21)Nc1nc2ccccc2s1. The molecule has 0 atom stereocenters. The highest BCUT2D eigenvalue weighted by Crippen LogP contribution is 2.30. The van der Waals surface area contributed by atoms with E-state index < -0.39 is 9.84 Å². The maximum atomic E-state index is 13.2. The fraction of sp³-hybridized carbons (Fsp3) is 0.0435. The number of nitrogens with one attached hydrogen (secondary N) is 1. The topological polar surface area (TPSA) is 81.1 Å². The Labute approximate surface area is 182 Å². The molecule has 8 heteroatoms. The summed E-state index contributed by atoms with van der Waals surface area (Å²) in [6.07, 6.45) is 1.53. The van der Waals surface area contributed by atoms with Crippen molar-refractivity contribution in [1.82, 2.24) is 9.55 Å². The number of thiazole rings is 1. The number of sulfone groups is 1. The molecule has 2 aromatic heterocycles. The highest BCUT2D eigenvalue weighted by molar-refractivity contribution is 7.91. The number of carbonyl (C=O) groups excluding carboxylic acids is 1. The van der Waals surface area contributed by atoms with E-state index in [0.29, 0.717) is 16.0 Å². The maximum Gasteiger partial charge on any atom is 0.246 e. The van der Waals surface area contributed by atoms with Crippen molar-refractivity contribution in [2.75, 3.05) is 5.32 Å². The van der Waals surface area contributed by atoms with E-state index >= 15 is 0 Å². The molecule has 5 aromatic rings. The molecule has 1 N–H and O–H groups in total. The Morgan fingerprint density at radius 2 is 1.65 bits per heavy atom. The monoisotopic (exact) mass is 447 g/mol. The first-order valence-corrected chi connectivity index (χ1v) is 11.9. The number of nitrogens with zero attached hydrogens (tertiary/aromatic N) is 2. The van der Waals surface area contributed by atoms with Crippen molar-refractivity contribution in [3.63, 3.8) is 0 Å². The van der Waals surface area contributed by atoms with Crippen LogP contribution in [0.5, 0.6) is 0 Å². The van der Waals surface area contributed by atoms with Gasteiger partial charge in [0.2, 0.25) is 15.7 Å². The lowest BCUT2D eigenvalue weighted by Gasteiger charge is -2.05. The summed E-state index contributed by atoms with van der Waals surface area (Å²) < 4.78 is 29.1. The van der Waals surface area contributed by atoms with Crippen molar-refractivity contribution >= 4 is 53.3 Å². The predicted octanol–water partition coefficient (Wildman–Crippen LogP) is 4.72. The maximum absolute atomic E-state index is 13.2. The van der Waals surface area contributed by atoms with Crippen LogP contribution in [0.2, 0.25) is 0 Å². The fourth-order valence-corrected chi connectivity index (χ4v) is 5.90. The Hall–Kier alpha value is -3.49. The molecule has 154 valence electrons. The van der Waals surface area contributed by atoms with Gasteiger partial charge in [-0.1, -0.05) is 59.9 Å². The van der Waals surface area contributed by atoms with E-state index in [1.54, 1.807) is 47.0 Å². The summed E-state index contributed by atoms with van der Waals surface area (Å²) in [5.41, 5.74) is 1.50. The predicted molar refractivity (Wildman–Crippen MR) is 122 cm³/mol. The van der Waals surface area contributed by atoms with Gasteiger partial charge < -0.3 is 9.88 Å². The first-order valence-electron chi connectivity index (χ1n) is 9.56. The van der Waals surface area contributed by atoms with Crippen LogP contribution < -0.4 is 5.32 Å². The number of amides is 1. The Morgan fingerprint density at radius 3 is 2.45 bits per heavy atom. The van der Waals surface area contributed by atoms with Crippen molar-refractivity contribution in [2.24, 2.45) is 0 Å². The molecule has 0 radical (unpaired) electrons. The van der Waals surface area contributed by atoms with Gasteiger partial charge in [0.25, 0.3) is 0 Å². The third-order valence-electron chi connectivity index (χ3n) is 4.95. The molecule has 0 aliphatic rings. The molecule has 0 spiro atoms. The number of benzene rings is 3. The van der Waals surface area contributed by atoms with Crippen LogP contribution in [0.25, 0.3) is 21.1 Å². The summed E-state index contributed by atoms with van der Waals surface area (Å²) in [6, 6.07) is 23.1. The van der Waals surface area contributed by atoms with Crippen molar-refractivity contribution in [3.05, 3.63) is 85.1 Å². The summed E-state index contributed by atoms with van der Waals surface area (Å²) in [7, 11) is -3.72. The smallest absolute Gasteiger partial charge is 0.246 e. The first kappa shape index (κ1) is 19.5. The zero-order valence-corrected chi connectivity index (χ0v) is 17.9. The van der Waals surface area contributed by atoms with Gasteiger partial charge in [-0.15, -0.1) is 0 Å². The van der Waals surface area contributed by atoms with E-state index in [0.717, 1.165) is 10.2 Å². The second kappa shape index (κ2) is 7.64. The summed E-state index contributed by atoms with van der Waals surface area (Å²) >= 11 is 1.40. The van der Waals surface area contributed by atoms with Crippen molar-refractivity contribution < 1.29 is 13.2 Å². The molecule has 1 amide bonds. The van der Waals surface area contributed by atoms with Gasteiger partial charge in [-0.2, -0.15) is 0 Å². The number of carbonyl (C=O) groups is 1. The zero-order valence-electron chi connectivity index (χ0n) is 16.2. The first-order chi connectivity index (χ1) is 15.0. The molecule has 6 nitrogen and oxygen atoms in total. The lowest BCUT2D eigenvalue weighted by atomic mass is 10.2. The molecule has 0 unspecified atom stereocenters. The van der Waals surface area contributed by atoms with E-state index in [1.165, 1.54) is 17.5 Å². The number of anilines is 1. The minimum absolute atomic E-state index is 0.0270. The van der Waals surface area contributed by atoms with E-state index in [9.17, 15) is 13.2 Å². The molecule has 0 fully saturated rings. The van der Waals surface area contributed by atoms with Gasteiger partial charge in [0.1, 0.15) is 6.54 Å². The lowest BCUT2D eigenvalue weighted by molar-refractivity contribution is -0.116. The van der Waals surface area contributed by atoms with Gasteiger partial charge in [0.15, 0.2) is 5.13 Å². The van der Waals surface area contributed by atoms with Crippen molar-refractivity contribution in [2.45, 2.75) is 16.3 Å². The summed E-state index contributed by atoms with van der Waals surface area (Å²) in [6.45, 7) is -0.0270. The minimum atomic E-state index is -3.72. The molecule has 0 saturated heterocycles. The van der Waals surface area contributed by atoms with Crippen molar-refractivity contribution in [1.29, 1.82) is 0 Å². The summed E-state index contributed by atoms with van der Waals surface area (Å²) in [4.78, 5) is 17.5. The number of hydrogen-bond acceptors (Lipinski definition) is 5. The van der Waals surface area contributed by atoms with Crippen LogP contribution in [-0.4, -0.2) is 23.9 Å². The van der Waals surface area contributed by atoms with E-state index in [4.69, 9.17) is 0 Å². The van der Waals surface area contributed by atoms with Crippen LogP contribution in [0.3, 0.4) is 0 Å². The molecule has 0 aliphatic heterocycles. The zero-order chi connectivity index (χ0) is 21.4. The average molecular weight is 448 g/mol. The summed E-state index contributed by atoms with van der Waals surface area (Å²) in [5, 5.41) is 3.92. The molecule has 31 heavy (non-hydrogen) atoms. The molecular formula is C23H17N3O3S2. The summed E-state index contributed by atoms with van der Waals surface area (Å²) in [5.74, 6) is -0.275. The quantitative estimate of drug-likeness (QED) is 0.423. The Bertz CT molecular complexity index is 1490. The van der Waals surface area contributed by atoms with Crippen LogP contribution in [0.15, 0.2) is 94.9 Å². The number of aromatic nitrogens is 2. The molecule has 0 bridgehead atoms. The van der Waals surface area contributed by atoms with Crippen molar-refractivity contribution in [3.8, 4) is 0 Å². The Balaban J connectivity index is 1.48. The number of rotatable bonds is 5. The fourth-order valence-electron chi connectivity index (χ4n) is 3.52. The number of fused-ring (bicyclic) bond motifs is 2. The van der Waals surface area contributed by atoms with Gasteiger partial charge in [-0.25, -0.2) is 13.4 Å². The van der Waals surface area contributed by atoms with Gasteiger partial charge in [-0.3, -0.25) is 4.79 Å². The average Bonchev–Trinajstić information content (AvgIpc) is 3.36. The van der Waals surface area contributed by atoms with Crippen LogP contribution in [0, 0.1) is 0 Å². The second-order valence-corrected chi connectivity index (χ2v) is 9.94. The molecule has 5 rings (SSSR count). The lowest BCUT2D eigenvalue weighted by Crippen LogP contribution is -2.18. The second-order valence-electron chi connectivity index (χ2n) is 6.99. The molecule has 2 heterocycles. The normalized spacial score (nSPS) is 11.7. The molecule has 0 saturated carbocycles. The molecule has 0 aliphatic carbocycles. The van der Waals surface area contributed by atoms with Crippen LogP contribution in [-0.2, 0) is 21.2 Å². The molecular weight excluding hydrogens is 430 g/mol. The van der Waals surface area contributed by atoms with Crippen LogP contribution in [0.4, 0.5) is 5.13 Å². The standard InChI is InChI=1S/C23H17N3O3S2/c27-22(25-23-24-18-11-5-7-13-20(18)30-23)15-26-14-21(17-10-4-6-12-19(17)26)31(28,29)16-8-2-1-3-9-16/h1-14H,15H2,(H,24,25,27). The minimum Gasteiger partial charge on any atom is -0.337 e. The van der Waals surface area contributed by atoms with E-state index in [1.807, 2.05) is 36.4 Å². The van der Waals surface area contributed by atoms with E-state index in [-0.39, 0.29) is 22.2 Å². The third-order valence-corrected chi connectivity index (χ3v) is 7.70. The van der Waals surface area contributed by atoms with E-state index in [2.05, 4.69) is 10.3 Å². The highest BCUT2D eigenvalue weighted by Gasteiger charge is 2.23. The van der Waals surface area contributed by atoms with Gasteiger partial charge in [-0.05, 0) is 30.3 Å². The number of hydrogen-bond donors (Lipinski definition) is 1. The highest BCUT2D eigenvalue weighted by atomic mass is 32.2. The largest absolute Gasteiger partial charge is 0.337 e. The van der Waals surface area contributed by atoms with Crippen LogP contribution in [0.1, 0.15) is 0 Å². The number of para-hydroxylation sites is 2. The Morgan fingerprint density at radius 1 is 0.935 bits per heavy atom. The third kappa shape index (κ3) is 3.60. The molecule has 3 aromatic carbocycles.